The van der Waals surface area contributed by atoms with Crippen LogP contribution >= 0.6 is 11.6 Å². The van der Waals surface area contributed by atoms with Crippen LogP contribution in [0, 0.1) is 0 Å². The van der Waals surface area contributed by atoms with E-state index in [1.807, 2.05) is 0 Å². The van der Waals surface area contributed by atoms with Crippen LogP contribution in [-0.4, -0.2) is 18.2 Å². The highest BCUT2D eigenvalue weighted by Gasteiger charge is 2.52. The van der Waals surface area contributed by atoms with Crippen LogP contribution in [0.3, 0.4) is 0 Å². The number of methoxy groups -OCH3 is 1. The molecule has 1 aliphatic carbocycles. The molecule has 0 atom stereocenters. The van der Waals surface area contributed by atoms with Crippen molar-refractivity contribution in [1.29, 1.82) is 0 Å². The first kappa shape index (κ1) is 11.4. The Labute approximate surface area is 99.0 Å². The van der Waals surface area contributed by atoms with E-state index >= 15 is 0 Å². The molecule has 1 aliphatic rings. The van der Waals surface area contributed by atoms with Gasteiger partial charge in [-0.3, -0.25) is 4.79 Å². The van der Waals surface area contributed by atoms with E-state index in [-0.39, 0.29) is 0 Å². The Bertz CT molecular complexity index is 424. The number of hydrogen-bond acceptors (Lipinski definition) is 2. The van der Waals surface area contributed by atoms with Gasteiger partial charge in [-0.05, 0) is 36.1 Å². The van der Waals surface area contributed by atoms with Gasteiger partial charge in [-0.1, -0.05) is 17.7 Å². The van der Waals surface area contributed by atoms with Crippen LogP contribution < -0.4 is 0 Å². The van der Waals surface area contributed by atoms with Gasteiger partial charge in [-0.25, -0.2) is 0 Å². The SMILES string of the molecule is COCc1cc(Cl)ccc1C1(C(=O)O)CC1. The monoisotopic (exact) mass is 240 g/mol. The van der Waals surface area contributed by atoms with E-state index in [2.05, 4.69) is 0 Å². The zero-order valence-corrected chi connectivity index (χ0v) is 9.75. The number of ether oxygens (including phenoxy) is 1. The molecule has 1 fully saturated rings. The van der Waals surface area contributed by atoms with Crippen LogP contribution in [0.1, 0.15) is 24.0 Å². The van der Waals surface area contributed by atoms with Crippen molar-refractivity contribution in [3.05, 3.63) is 34.3 Å². The van der Waals surface area contributed by atoms with Crippen LogP contribution in [0.5, 0.6) is 0 Å². The lowest BCUT2D eigenvalue weighted by Gasteiger charge is -2.15. The van der Waals surface area contributed by atoms with Gasteiger partial charge in [0.15, 0.2) is 0 Å². The molecule has 4 heteroatoms. The molecule has 16 heavy (non-hydrogen) atoms. The third kappa shape index (κ3) is 1.81. The van der Waals surface area contributed by atoms with E-state index in [1.165, 1.54) is 0 Å². The van der Waals surface area contributed by atoms with Gasteiger partial charge >= 0.3 is 5.97 Å². The molecule has 0 aromatic heterocycles. The van der Waals surface area contributed by atoms with Gasteiger partial charge in [0.1, 0.15) is 0 Å². The zero-order valence-electron chi connectivity index (χ0n) is 9.00. The van der Waals surface area contributed by atoms with Gasteiger partial charge in [-0.15, -0.1) is 0 Å². The molecule has 3 nitrogen and oxygen atoms in total. The number of halogens is 1. The summed E-state index contributed by atoms with van der Waals surface area (Å²) in [5, 5.41) is 9.85. The fourth-order valence-electron chi connectivity index (χ4n) is 2.03. The van der Waals surface area contributed by atoms with Crippen molar-refractivity contribution >= 4 is 17.6 Å². The number of hydrogen-bond donors (Lipinski definition) is 1. The van der Waals surface area contributed by atoms with Crippen molar-refractivity contribution < 1.29 is 14.6 Å². The van der Waals surface area contributed by atoms with Crippen molar-refractivity contribution in [1.82, 2.24) is 0 Å². The van der Waals surface area contributed by atoms with Crippen molar-refractivity contribution in [3.8, 4) is 0 Å². The molecule has 0 bridgehead atoms. The fraction of sp³-hybridized carbons (Fsp3) is 0.417. The highest BCUT2D eigenvalue weighted by Crippen LogP contribution is 2.50. The molecular formula is C12H13ClO3. The Kier molecular flexibility index (Phi) is 2.91. The molecule has 1 aromatic rings. The standard InChI is InChI=1S/C12H13ClO3/c1-16-7-8-6-9(13)2-3-10(8)12(4-5-12)11(14)15/h2-3,6H,4-5,7H2,1H3,(H,14,15). The van der Waals surface area contributed by atoms with Gasteiger partial charge in [0, 0.05) is 12.1 Å². The molecular weight excluding hydrogens is 228 g/mol. The maximum atomic E-state index is 11.3. The summed E-state index contributed by atoms with van der Waals surface area (Å²) in [6.45, 7) is 0.394. The van der Waals surface area contributed by atoms with Crippen molar-refractivity contribution in [3.63, 3.8) is 0 Å². The second kappa shape index (κ2) is 4.07. The van der Waals surface area contributed by atoms with Crippen molar-refractivity contribution in [2.45, 2.75) is 24.9 Å². The average molecular weight is 241 g/mol. The van der Waals surface area contributed by atoms with Crippen LogP contribution in [0.25, 0.3) is 0 Å². The molecule has 0 saturated heterocycles. The second-order valence-electron chi connectivity index (χ2n) is 4.12. The van der Waals surface area contributed by atoms with Crippen molar-refractivity contribution in [2.24, 2.45) is 0 Å². The third-order valence-electron chi connectivity index (χ3n) is 3.04. The second-order valence-corrected chi connectivity index (χ2v) is 4.56. The quantitative estimate of drug-likeness (QED) is 0.880. The summed E-state index contributed by atoms with van der Waals surface area (Å²) >= 11 is 5.90. The Morgan fingerprint density at radius 1 is 1.56 bits per heavy atom. The number of carboxylic acids is 1. The van der Waals surface area contributed by atoms with E-state index in [9.17, 15) is 9.90 Å². The van der Waals surface area contributed by atoms with Crippen LogP contribution in [0.2, 0.25) is 5.02 Å². The van der Waals surface area contributed by atoms with Gasteiger partial charge in [0.25, 0.3) is 0 Å². The third-order valence-corrected chi connectivity index (χ3v) is 3.28. The van der Waals surface area contributed by atoms with Gasteiger partial charge < -0.3 is 9.84 Å². The first-order valence-corrected chi connectivity index (χ1v) is 5.49. The topological polar surface area (TPSA) is 46.5 Å². The van der Waals surface area contributed by atoms with Gasteiger partial charge in [0.05, 0.1) is 12.0 Å². The summed E-state index contributed by atoms with van der Waals surface area (Å²) in [6.07, 6.45) is 1.39. The van der Waals surface area contributed by atoms with Gasteiger partial charge in [-0.2, -0.15) is 0 Å². The minimum Gasteiger partial charge on any atom is -0.481 e. The minimum absolute atomic E-state index is 0.394. The van der Waals surface area contributed by atoms with Crippen LogP contribution in [0.4, 0.5) is 0 Å². The maximum absolute atomic E-state index is 11.3. The Balaban J connectivity index is 2.44. The summed E-state index contributed by atoms with van der Waals surface area (Å²) < 4.78 is 5.07. The van der Waals surface area contributed by atoms with Crippen molar-refractivity contribution in [2.75, 3.05) is 7.11 Å². The summed E-state index contributed by atoms with van der Waals surface area (Å²) in [5.74, 6) is -0.757. The molecule has 0 aliphatic heterocycles. The van der Waals surface area contributed by atoms with E-state index in [1.54, 1.807) is 25.3 Å². The molecule has 0 heterocycles. The van der Waals surface area contributed by atoms with Gasteiger partial charge in [0.2, 0.25) is 0 Å². The van der Waals surface area contributed by atoms with E-state index in [4.69, 9.17) is 16.3 Å². The predicted octanol–water partition coefficient (Wildman–Crippen LogP) is 2.60. The lowest BCUT2D eigenvalue weighted by Crippen LogP contribution is -2.21. The summed E-state index contributed by atoms with van der Waals surface area (Å²) in [7, 11) is 1.59. The zero-order chi connectivity index (χ0) is 11.8. The lowest BCUT2D eigenvalue weighted by molar-refractivity contribution is -0.140. The Morgan fingerprint density at radius 3 is 2.75 bits per heavy atom. The van der Waals surface area contributed by atoms with Crippen LogP contribution in [0.15, 0.2) is 18.2 Å². The van der Waals surface area contributed by atoms with E-state index in [0.29, 0.717) is 24.5 Å². The predicted molar refractivity (Wildman–Crippen MR) is 60.7 cm³/mol. The maximum Gasteiger partial charge on any atom is 0.314 e. The number of benzene rings is 1. The highest BCUT2D eigenvalue weighted by molar-refractivity contribution is 6.30. The number of aliphatic carboxylic acids is 1. The highest BCUT2D eigenvalue weighted by atomic mass is 35.5. The number of carboxylic acid groups (broad SMARTS) is 1. The molecule has 2 rings (SSSR count). The summed E-state index contributed by atoms with van der Waals surface area (Å²) in [6, 6.07) is 5.32. The Hall–Kier alpha value is -1.06. The molecule has 1 saturated carbocycles. The summed E-state index contributed by atoms with van der Waals surface area (Å²) in [4.78, 5) is 11.3. The number of carbonyl (C=O) groups is 1. The molecule has 1 N–H and O–H groups in total. The molecule has 1 aromatic carbocycles. The Morgan fingerprint density at radius 2 is 2.25 bits per heavy atom. The molecule has 0 amide bonds. The fourth-order valence-corrected chi connectivity index (χ4v) is 2.22. The first-order valence-electron chi connectivity index (χ1n) is 5.11. The average Bonchev–Trinajstić information content (AvgIpc) is 2.99. The minimum atomic E-state index is -0.757. The summed E-state index contributed by atoms with van der Waals surface area (Å²) in [5.41, 5.74) is 1.01. The molecule has 0 unspecified atom stereocenters. The van der Waals surface area contributed by atoms with E-state index in [0.717, 1.165) is 11.1 Å². The number of rotatable bonds is 4. The van der Waals surface area contributed by atoms with E-state index < -0.39 is 11.4 Å². The molecule has 0 spiro atoms. The lowest BCUT2D eigenvalue weighted by atomic mass is 9.91. The molecule has 86 valence electrons. The normalized spacial score (nSPS) is 17.1. The first-order chi connectivity index (χ1) is 7.60. The van der Waals surface area contributed by atoms with Crippen LogP contribution in [-0.2, 0) is 21.6 Å². The molecule has 0 radical (unpaired) electrons. The largest absolute Gasteiger partial charge is 0.481 e. The smallest absolute Gasteiger partial charge is 0.314 e.